The van der Waals surface area contributed by atoms with Crippen molar-refractivity contribution in [2.75, 3.05) is 26.7 Å². The summed E-state index contributed by atoms with van der Waals surface area (Å²) in [6, 6.07) is 0.524. The van der Waals surface area contributed by atoms with Gasteiger partial charge in [-0.15, -0.1) is 0 Å². The lowest BCUT2D eigenvalue weighted by atomic mass is 9.76. The molecule has 0 saturated carbocycles. The highest BCUT2D eigenvalue weighted by atomic mass is 16.6. The Morgan fingerprint density at radius 2 is 2.40 bits per heavy atom. The summed E-state index contributed by atoms with van der Waals surface area (Å²) in [6.45, 7) is 2.31. The maximum atomic E-state index is 9.13. The molecule has 2 atom stereocenters. The van der Waals surface area contributed by atoms with Crippen molar-refractivity contribution in [2.45, 2.75) is 30.0 Å². The molecule has 2 N–H and O–H groups in total. The van der Waals surface area contributed by atoms with Gasteiger partial charge < -0.3 is 20.1 Å². The molecule has 0 amide bonds. The highest BCUT2D eigenvalue weighted by Gasteiger charge is 2.44. The van der Waals surface area contributed by atoms with Gasteiger partial charge in [-0.1, -0.05) is 0 Å². The van der Waals surface area contributed by atoms with Gasteiger partial charge in [-0.2, -0.15) is 0 Å². The molecule has 4 radical (unpaired) electrons. The van der Waals surface area contributed by atoms with E-state index in [1.54, 1.807) is 0 Å². The standard InChI is InChI=1S/C9H16B2N2O2/c1-13-4-7-2-3-8(5-13,12-7)6-15-9(10,11)14/h7,12,14H,2-6H2,1H3/t7-,8?/m1/s1. The number of hydrogen-bond acceptors (Lipinski definition) is 4. The third kappa shape index (κ3) is 2.75. The molecule has 0 aliphatic carbocycles. The largest absolute Gasteiger partial charge is 0.384 e. The van der Waals surface area contributed by atoms with E-state index in [0.29, 0.717) is 12.6 Å². The van der Waals surface area contributed by atoms with Gasteiger partial charge in [0.05, 0.1) is 17.7 Å². The first-order chi connectivity index (χ1) is 6.89. The zero-order chi connectivity index (χ0) is 11.1. The molecule has 0 aromatic heterocycles. The summed E-state index contributed by atoms with van der Waals surface area (Å²) in [5, 5.41) is 12.6. The van der Waals surface area contributed by atoms with Crippen molar-refractivity contribution in [3.05, 3.63) is 0 Å². The number of nitrogens with one attached hydrogen (secondary N) is 1. The molecule has 4 nitrogen and oxygen atoms in total. The average Bonchev–Trinajstić information content (AvgIpc) is 2.39. The van der Waals surface area contributed by atoms with Crippen LogP contribution in [0.15, 0.2) is 0 Å². The van der Waals surface area contributed by atoms with Gasteiger partial charge >= 0.3 is 0 Å². The maximum absolute atomic E-state index is 9.13. The summed E-state index contributed by atoms with van der Waals surface area (Å²) in [6.07, 6.45) is 2.18. The van der Waals surface area contributed by atoms with Crippen LogP contribution in [0, 0.1) is 0 Å². The molecular weight excluding hydrogens is 190 g/mol. The van der Waals surface area contributed by atoms with Gasteiger partial charge in [0.25, 0.3) is 0 Å². The summed E-state index contributed by atoms with van der Waals surface area (Å²) < 4.78 is 5.06. The molecule has 2 aliphatic rings. The van der Waals surface area contributed by atoms with Crippen LogP contribution in [-0.2, 0) is 4.74 Å². The van der Waals surface area contributed by atoms with Gasteiger partial charge in [0.2, 0.25) is 0 Å². The molecule has 2 heterocycles. The van der Waals surface area contributed by atoms with Crippen molar-refractivity contribution in [3.8, 4) is 0 Å². The lowest BCUT2D eigenvalue weighted by Gasteiger charge is -2.40. The summed E-state index contributed by atoms with van der Waals surface area (Å²) in [5.74, 6) is 0. The predicted octanol–water partition coefficient (Wildman–Crippen LogP) is -1.62. The van der Waals surface area contributed by atoms with Gasteiger partial charge in [0.15, 0.2) is 0 Å². The molecule has 2 bridgehead atoms. The second-order valence-electron chi connectivity index (χ2n) is 4.90. The number of piperazine rings is 1. The van der Waals surface area contributed by atoms with E-state index in [1.807, 2.05) is 0 Å². The van der Waals surface area contributed by atoms with Crippen LogP contribution in [0.4, 0.5) is 0 Å². The van der Waals surface area contributed by atoms with E-state index in [9.17, 15) is 0 Å². The minimum absolute atomic E-state index is 0.0929. The van der Waals surface area contributed by atoms with E-state index < -0.39 is 5.59 Å². The molecule has 2 saturated heterocycles. The van der Waals surface area contributed by atoms with Crippen molar-refractivity contribution in [3.63, 3.8) is 0 Å². The third-order valence-electron chi connectivity index (χ3n) is 3.17. The average molecular weight is 206 g/mol. The Morgan fingerprint density at radius 3 is 3.07 bits per heavy atom. The van der Waals surface area contributed by atoms with E-state index >= 15 is 0 Å². The van der Waals surface area contributed by atoms with E-state index in [-0.39, 0.29) is 5.54 Å². The van der Waals surface area contributed by atoms with Gasteiger partial charge in [0.1, 0.15) is 15.7 Å². The molecule has 2 fully saturated rings. The predicted molar refractivity (Wildman–Crippen MR) is 58.8 cm³/mol. The zero-order valence-electron chi connectivity index (χ0n) is 9.07. The Bertz CT molecular complexity index is 247. The van der Waals surface area contributed by atoms with Crippen LogP contribution in [0.5, 0.6) is 0 Å². The Balaban J connectivity index is 1.95. The van der Waals surface area contributed by atoms with Crippen LogP contribution in [-0.4, -0.2) is 69.6 Å². The van der Waals surface area contributed by atoms with Crippen molar-refractivity contribution < 1.29 is 9.84 Å². The van der Waals surface area contributed by atoms with E-state index in [1.165, 1.54) is 0 Å². The molecule has 0 aromatic rings. The molecule has 2 aliphatic heterocycles. The number of likely N-dealkylation sites (tertiary alicyclic amines) is 1. The first kappa shape index (κ1) is 11.5. The summed E-state index contributed by atoms with van der Waals surface area (Å²) >= 11 is 0. The smallest absolute Gasteiger partial charge is 0.138 e. The minimum atomic E-state index is -2.02. The van der Waals surface area contributed by atoms with E-state index in [2.05, 4.69) is 17.3 Å². The lowest BCUT2D eigenvalue weighted by molar-refractivity contribution is -0.0992. The van der Waals surface area contributed by atoms with Crippen LogP contribution in [0.1, 0.15) is 12.8 Å². The van der Waals surface area contributed by atoms with Gasteiger partial charge in [-0.05, 0) is 19.9 Å². The van der Waals surface area contributed by atoms with Crippen LogP contribution in [0.2, 0.25) is 0 Å². The Hall–Kier alpha value is -0.0301. The number of aliphatic hydroxyl groups is 1. The maximum Gasteiger partial charge on any atom is 0.138 e. The first-order valence-electron chi connectivity index (χ1n) is 5.29. The first-order valence-corrected chi connectivity index (χ1v) is 5.29. The van der Waals surface area contributed by atoms with Crippen LogP contribution in [0.3, 0.4) is 0 Å². The van der Waals surface area contributed by atoms with E-state index in [4.69, 9.17) is 25.5 Å². The number of likely N-dealkylation sites (N-methyl/N-ethyl adjacent to an activating group) is 1. The van der Waals surface area contributed by atoms with Crippen LogP contribution in [0.25, 0.3) is 0 Å². The Kier molecular flexibility index (Phi) is 2.88. The van der Waals surface area contributed by atoms with Gasteiger partial charge in [-0.25, -0.2) is 0 Å². The second-order valence-corrected chi connectivity index (χ2v) is 4.90. The van der Waals surface area contributed by atoms with Gasteiger partial charge in [-0.3, -0.25) is 0 Å². The molecule has 15 heavy (non-hydrogen) atoms. The monoisotopic (exact) mass is 206 g/mol. The zero-order valence-corrected chi connectivity index (χ0v) is 9.07. The van der Waals surface area contributed by atoms with Crippen molar-refractivity contribution in [1.82, 2.24) is 10.2 Å². The summed E-state index contributed by atoms with van der Waals surface area (Å²) in [7, 11) is 12.5. The SMILES string of the molecule is [B]C([B])(O)OCC12CC[C@H](CN(C)C1)N2. The van der Waals surface area contributed by atoms with E-state index in [0.717, 1.165) is 25.9 Å². The fourth-order valence-corrected chi connectivity index (χ4v) is 2.66. The Labute approximate surface area is 93.2 Å². The Morgan fingerprint density at radius 1 is 1.67 bits per heavy atom. The van der Waals surface area contributed by atoms with Gasteiger partial charge in [0, 0.05) is 19.1 Å². The quantitative estimate of drug-likeness (QED) is 0.430. The molecule has 0 spiro atoms. The summed E-state index contributed by atoms with van der Waals surface area (Å²) in [4.78, 5) is 2.27. The van der Waals surface area contributed by atoms with Crippen LogP contribution < -0.4 is 5.32 Å². The number of rotatable bonds is 3. The fourth-order valence-electron chi connectivity index (χ4n) is 2.66. The second kappa shape index (κ2) is 3.77. The molecule has 0 aromatic carbocycles. The molecular formula is C9H16B2N2O2. The topological polar surface area (TPSA) is 44.7 Å². The highest BCUT2D eigenvalue weighted by Crippen LogP contribution is 2.29. The normalized spacial score (nSPS) is 37.1. The molecule has 2 rings (SSSR count). The third-order valence-corrected chi connectivity index (χ3v) is 3.17. The molecule has 6 heteroatoms. The lowest BCUT2D eigenvalue weighted by Crippen LogP contribution is -2.61. The van der Waals surface area contributed by atoms with Crippen molar-refractivity contribution >= 4 is 15.7 Å². The van der Waals surface area contributed by atoms with Crippen molar-refractivity contribution in [2.24, 2.45) is 0 Å². The van der Waals surface area contributed by atoms with Crippen LogP contribution >= 0.6 is 0 Å². The number of fused-ring (bicyclic) bond motifs is 2. The number of hydrogen-bond donors (Lipinski definition) is 2. The van der Waals surface area contributed by atoms with Crippen molar-refractivity contribution in [1.29, 1.82) is 0 Å². The number of nitrogens with zero attached hydrogens (tertiary/aromatic N) is 1. The number of ether oxygens (including phenoxy) is 1. The molecule has 1 unspecified atom stereocenters. The minimum Gasteiger partial charge on any atom is -0.384 e. The fraction of sp³-hybridized carbons (Fsp3) is 1.00. The molecule has 80 valence electrons. The highest BCUT2D eigenvalue weighted by molar-refractivity contribution is 6.37. The summed E-state index contributed by atoms with van der Waals surface area (Å²) in [5.41, 5.74) is -2.12.